The molecule has 126 valence electrons. The number of hydrogen-bond acceptors (Lipinski definition) is 6. The van der Waals surface area contributed by atoms with E-state index in [1.165, 1.54) is 0 Å². The van der Waals surface area contributed by atoms with Crippen LogP contribution in [0.15, 0.2) is 12.1 Å². The zero-order valence-electron chi connectivity index (χ0n) is 13.6. The number of ether oxygens (including phenoxy) is 2. The quantitative estimate of drug-likeness (QED) is 0.798. The number of hydrogen-bond donors (Lipinski definition) is 0. The van der Waals surface area contributed by atoms with Gasteiger partial charge in [0.2, 0.25) is 11.8 Å². The second-order valence-electron chi connectivity index (χ2n) is 5.96. The van der Waals surface area contributed by atoms with Crippen molar-refractivity contribution in [3.05, 3.63) is 12.1 Å². The second-order valence-corrected chi connectivity index (χ2v) is 5.96. The number of likely N-dealkylation sites (N-methyl/N-ethyl adjacent to an activating group) is 1. The van der Waals surface area contributed by atoms with Crippen LogP contribution in [0.4, 0.5) is 4.79 Å². The Labute approximate surface area is 136 Å². The lowest BCUT2D eigenvalue weighted by atomic mass is 10.3. The number of rotatable bonds is 3. The van der Waals surface area contributed by atoms with E-state index in [9.17, 15) is 4.79 Å². The molecule has 2 aliphatic heterocycles. The summed E-state index contributed by atoms with van der Waals surface area (Å²) in [6.07, 6.45) is 0.779. The third-order valence-electron chi connectivity index (χ3n) is 4.30. The molecule has 1 aromatic rings. The van der Waals surface area contributed by atoms with Crippen LogP contribution in [-0.4, -0.2) is 90.5 Å². The number of amides is 2. The zero-order chi connectivity index (χ0) is 16.2. The highest BCUT2D eigenvalue weighted by Gasteiger charge is 2.31. The fourth-order valence-electron chi connectivity index (χ4n) is 2.85. The third kappa shape index (κ3) is 3.82. The van der Waals surface area contributed by atoms with E-state index in [1.54, 1.807) is 19.2 Å². The molecule has 0 bridgehead atoms. The van der Waals surface area contributed by atoms with E-state index in [4.69, 9.17) is 9.47 Å². The molecular weight excluding hydrogens is 298 g/mol. The molecule has 8 nitrogen and oxygen atoms in total. The minimum atomic E-state index is -0.0332. The summed E-state index contributed by atoms with van der Waals surface area (Å²) in [7, 11) is 3.63. The average Bonchev–Trinajstić information content (AvgIpc) is 3.04. The Morgan fingerprint density at radius 2 is 1.78 bits per heavy atom. The van der Waals surface area contributed by atoms with Gasteiger partial charge in [-0.2, -0.15) is 0 Å². The summed E-state index contributed by atoms with van der Waals surface area (Å²) >= 11 is 0. The smallest absolute Gasteiger partial charge is 0.320 e. The molecule has 8 heteroatoms. The van der Waals surface area contributed by atoms with Gasteiger partial charge in [-0.25, -0.2) is 4.79 Å². The van der Waals surface area contributed by atoms with Gasteiger partial charge in [0.1, 0.15) is 6.10 Å². The highest BCUT2D eigenvalue weighted by Crippen LogP contribution is 2.19. The van der Waals surface area contributed by atoms with Crippen molar-refractivity contribution < 1.29 is 14.3 Å². The van der Waals surface area contributed by atoms with Gasteiger partial charge in [-0.1, -0.05) is 0 Å². The lowest BCUT2D eigenvalue weighted by Gasteiger charge is -2.34. The van der Waals surface area contributed by atoms with E-state index in [2.05, 4.69) is 22.1 Å². The number of likely N-dealkylation sites (tertiary alicyclic amines) is 1. The summed E-state index contributed by atoms with van der Waals surface area (Å²) < 4.78 is 10.8. The predicted octanol–water partition coefficient (Wildman–Crippen LogP) is 0.306. The van der Waals surface area contributed by atoms with Gasteiger partial charge in [-0.05, 0) is 7.05 Å². The van der Waals surface area contributed by atoms with Crippen LogP contribution in [0, 0.1) is 0 Å². The van der Waals surface area contributed by atoms with Crippen LogP contribution >= 0.6 is 0 Å². The maximum absolute atomic E-state index is 12.5. The normalized spacial score (nSPS) is 22.3. The van der Waals surface area contributed by atoms with Crippen molar-refractivity contribution in [2.75, 3.05) is 53.4 Å². The van der Waals surface area contributed by atoms with Crippen LogP contribution in [0.3, 0.4) is 0 Å². The number of carbonyl (C=O) groups excluding carboxylic acids is 1. The number of urea groups is 1. The Balaban J connectivity index is 1.50. The van der Waals surface area contributed by atoms with E-state index >= 15 is 0 Å². The van der Waals surface area contributed by atoms with E-state index in [0.29, 0.717) is 18.3 Å². The van der Waals surface area contributed by atoms with Gasteiger partial charge < -0.3 is 24.2 Å². The molecule has 0 radical (unpaired) electrons. The topological polar surface area (TPSA) is 71.0 Å². The Morgan fingerprint density at radius 3 is 2.43 bits per heavy atom. The van der Waals surface area contributed by atoms with Crippen LogP contribution in [0.5, 0.6) is 11.8 Å². The van der Waals surface area contributed by atoms with Gasteiger partial charge in [-0.15, -0.1) is 10.2 Å². The van der Waals surface area contributed by atoms with E-state index in [0.717, 1.165) is 39.1 Å². The predicted molar refractivity (Wildman–Crippen MR) is 83.7 cm³/mol. The third-order valence-corrected chi connectivity index (χ3v) is 4.30. The first kappa shape index (κ1) is 15.8. The molecule has 0 saturated carbocycles. The van der Waals surface area contributed by atoms with Crippen molar-refractivity contribution in [3.8, 4) is 11.8 Å². The molecule has 23 heavy (non-hydrogen) atoms. The minimum Gasteiger partial charge on any atom is -0.480 e. The maximum atomic E-state index is 12.5. The van der Waals surface area contributed by atoms with Gasteiger partial charge in [-0.3, -0.25) is 0 Å². The molecular formula is C15H23N5O3. The van der Waals surface area contributed by atoms with Crippen molar-refractivity contribution in [1.29, 1.82) is 0 Å². The van der Waals surface area contributed by atoms with Crippen LogP contribution in [0.25, 0.3) is 0 Å². The summed E-state index contributed by atoms with van der Waals surface area (Å²) in [6, 6.07) is 3.56. The summed E-state index contributed by atoms with van der Waals surface area (Å²) in [4.78, 5) is 18.6. The van der Waals surface area contributed by atoms with Crippen molar-refractivity contribution >= 4 is 6.03 Å². The van der Waals surface area contributed by atoms with Gasteiger partial charge in [0.15, 0.2) is 0 Å². The first-order valence-corrected chi connectivity index (χ1v) is 7.92. The fourth-order valence-corrected chi connectivity index (χ4v) is 2.85. The molecule has 0 unspecified atom stereocenters. The number of piperazine rings is 1. The van der Waals surface area contributed by atoms with Gasteiger partial charge >= 0.3 is 6.03 Å². The lowest BCUT2D eigenvalue weighted by molar-refractivity contribution is 0.123. The van der Waals surface area contributed by atoms with Crippen molar-refractivity contribution in [3.63, 3.8) is 0 Å². The molecule has 2 aliphatic rings. The van der Waals surface area contributed by atoms with E-state index in [-0.39, 0.29) is 12.1 Å². The zero-order valence-corrected chi connectivity index (χ0v) is 13.6. The molecule has 2 saturated heterocycles. The SMILES string of the molecule is COc1ccc(O[C@@H]2CCN(C(=O)N3CCN(C)CC3)C2)nn1. The monoisotopic (exact) mass is 321 g/mol. The molecule has 1 atom stereocenters. The van der Waals surface area contributed by atoms with Crippen LogP contribution in [0.1, 0.15) is 6.42 Å². The summed E-state index contributed by atoms with van der Waals surface area (Å²) in [5.74, 6) is 0.917. The molecule has 0 aromatic carbocycles. The molecule has 1 aromatic heterocycles. The highest BCUT2D eigenvalue weighted by atomic mass is 16.5. The second kappa shape index (κ2) is 6.99. The molecule has 2 fully saturated rings. The van der Waals surface area contributed by atoms with Crippen LogP contribution in [-0.2, 0) is 0 Å². The molecule has 2 amide bonds. The van der Waals surface area contributed by atoms with Crippen LogP contribution in [0.2, 0.25) is 0 Å². The Kier molecular flexibility index (Phi) is 4.80. The van der Waals surface area contributed by atoms with E-state index < -0.39 is 0 Å². The van der Waals surface area contributed by atoms with Gasteiger partial charge in [0.25, 0.3) is 0 Å². The molecule has 3 rings (SSSR count). The first-order chi connectivity index (χ1) is 11.2. The average molecular weight is 321 g/mol. The summed E-state index contributed by atoms with van der Waals surface area (Å²) in [5, 5.41) is 7.85. The Bertz CT molecular complexity index is 530. The van der Waals surface area contributed by atoms with Crippen LogP contribution < -0.4 is 9.47 Å². The van der Waals surface area contributed by atoms with Crippen molar-refractivity contribution in [2.45, 2.75) is 12.5 Å². The minimum absolute atomic E-state index is 0.0332. The largest absolute Gasteiger partial charge is 0.480 e. The number of carbonyl (C=O) groups is 1. The van der Waals surface area contributed by atoms with Gasteiger partial charge in [0.05, 0.1) is 13.7 Å². The number of methoxy groups -OCH3 is 1. The summed E-state index contributed by atoms with van der Waals surface area (Å²) in [5.41, 5.74) is 0. The molecule has 0 aliphatic carbocycles. The first-order valence-electron chi connectivity index (χ1n) is 7.92. The summed E-state index contributed by atoms with van der Waals surface area (Å²) in [6.45, 7) is 4.77. The number of aromatic nitrogens is 2. The lowest BCUT2D eigenvalue weighted by Crippen LogP contribution is -2.51. The van der Waals surface area contributed by atoms with E-state index in [1.807, 2.05) is 9.80 Å². The maximum Gasteiger partial charge on any atom is 0.320 e. The fraction of sp³-hybridized carbons (Fsp3) is 0.667. The molecule has 3 heterocycles. The van der Waals surface area contributed by atoms with Crippen molar-refractivity contribution in [1.82, 2.24) is 24.9 Å². The van der Waals surface area contributed by atoms with Crippen molar-refractivity contribution in [2.24, 2.45) is 0 Å². The molecule has 0 N–H and O–H groups in total. The standard InChI is InChI=1S/C15H23N5O3/c1-18-7-9-19(10-8-18)15(21)20-6-5-12(11-20)23-14-4-3-13(22-2)16-17-14/h3-4,12H,5-11H2,1-2H3/t12-/m1/s1. The highest BCUT2D eigenvalue weighted by molar-refractivity contribution is 5.75. The van der Waals surface area contributed by atoms with Gasteiger partial charge in [0, 0.05) is 51.3 Å². The Morgan fingerprint density at radius 1 is 1.09 bits per heavy atom. The Hall–Kier alpha value is -2.09. The number of nitrogens with zero attached hydrogens (tertiary/aromatic N) is 5. The molecule has 0 spiro atoms.